The van der Waals surface area contributed by atoms with Crippen LogP contribution in [0.5, 0.6) is 0 Å². The average molecular weight is 429 g/mol. The Labute approximate surface area is 171 Å². The van der Waals surface area contributed by atoms with Crippen LogP contribution in [-0.2, 0) is 23.5 Å². The van der Waals surface area contributed by atoms with Gasteiger partial charge in [-0.15, -0.1) is 11.6 Å². The Morgan fingerprint density at radius 2 is 2.04 bits per heavy atom. The van der Waals surface area contributed by atoms with E-state index in [1.54, 1.807) is 0 Å². The van der Waals surface area contributed by atoms with Gasteiger partial charge in [0.05, 0.1) is 12.0 Å². The van der Waals surface area contributed by atoms with E-state index >= 15 is 0 Å². The number of nitrogens with zero attached hydrogens (tertiary/aromatic N) is 2. The maximum absolute atomic E-state index is 12.6. The van der Waals surface area contributed by atoms with E-state index in [2.05, 4.69) is 16.7 Å². The predicted octanol–water partition coefficient (Wildman–Crippen LogP) is 1.61. The van der Waals surface area contributed by atoms with Gasteiger partial charge in [0.2, 0.25) is 14.9 Å². The van der Waals surface area contributed by atoms with Crippen molar-refractivity contribution < 1.29 is 28.3 Å². The molecule has 0 aliphatic carbocycles. The van der Waals surface area contributed by atoms with Gasteiger partial charge in [0.15, 0.2) is 0 Å². The number of amides is 1. The number of carbonyl (C=O) groups excluding carboxylic acids is 3. The van der Waals surface area contributed by atoms with Gasteiger partial charge >= 0.3 is 11.7 Å². The number of hydrogen-bond acceptors (Lipinski definition) is 5. The van der Waals surface area contributed by atoms with Crippen molar-refractivity contribution in [3.8, 4) is 0 Å². The van der Waals surface area contributed by atoms with E-state index in [4.69, 9.17) is 26.3 Å². The van der Waals surface area contributed by atoms with Crippen LogP contribution in [0.15, 0.2) is 12.7 Å². The molecular formula is C18H27ClN3O5Si. The molecule has 1 amide bonds. The van der Waals surface area contributed by atoms with Gasteiger partial charge < -0.3 is 20.0 Å². The maximum atomic E-state index is 12.6. The molecule has 8 nitrogen and oxygen atoms in total. The summed E-state index contributed by atoms with van der Waals surface area (Å²) in [5.41, 5.74) is 7.96. The first-order valence-corrected chi connectivity index (χ1v) is 11.7. The van der Waals surface area contributed by atoms with Gasteiger partial charge in [-0.25, -0.2) is 4.79 Å². The topological polar surface area (TPSA) is 118 Å². The second-order valence-electron chi connectivity index (χ2n) is 7.85. The lowest BCUT2D eigenvalue weighted by molar-refractivity contribution is -0.144. The van der Waals surface area contributed by atoms with Gasteiger partial charge in [0.25, 0.3) is 5.78 Å². The lowest BCUT2D eigenvalue weighted by Gasteiger charge is -2.47. The summed E-state index contributed by atoms with van der Waals surface area (Å²) in [6, 6.07) is -0.720. The highest BCUT2D eigenvalue weighted by molar-refractivity contribution is 6.67. The molecule has 0 bridgehead atoms. The van der Waals surface area contributed by atoms with Crippen LogP contribution in [0, 0.1) is 17.3 Å². The number of ketones is 1. The molecule has 1 aliphatic heterocycles. The number of halogens is 1. The summed E-state index contributed by atoms with van der Waals surface area (Å²) in [6.45, 7) is 13.5. The summed E-state index contributed by atoms with van der Waals surface area (Å²) in [5, 5.41) is 1.34. The molecule has 0 saturated carbocycles. The molecule has 1 heterocycles. The highest BCUT2D eigenvalue weighted by Gasteiger charge is 2.54. The molecular weight excluding hydrogens is 402 g/mol. The molecule has 0 aromatic heterocycles. The Hall–Kier alpha value is -1.80. The third-order valence-corrected chi connectivity index (χ3v) is 5.73. The fourth-order valence-electron chi connectivity index (χ4n) is 2.94. The molecule has 1 fully saturated rings. The zero-order valence-corrected chi connectivity index (χ0v) is 18.6. The summed E-state index contributed by atoms with van der Waals surface area (Å²) >= 11 is 6.28. The van der Waals surface area contributed by atoms with Crippen LogP contribution < -0.4 is 5.32 Å². The summed E-state index contributed by atoms with van der Waals surface area (Å²) in [7, 11) is -0.967. The van der Waals surface area contributed by atoms with Crippen molar-refractivity contribution >= 4 is 44.0 Å². The van der Waals surface area contributed by atoms with Crippen molar-refractivity contribution in [2.45, 2.75) is 45.3 Å². The number of ether oxygens (including phenoxy) is 1. The minimum atomic E-state index is -1.29. The van der Waals surface area contributed by atoms with Gasteiger partial charge in [0.1, 0.15) is 12.0 Å². The SMILES string of the molecule is C=CCOC(=O)C(=[N+]=[N-])C(=O)[C@H](Cl)[C@H]1NC(=O)[C@H]1[C@@H](CO[Si](C)C)C(C)(C)C. The van der Waals surface area contributed by atoms with Gasteiger partial charge in [-0.05, 0) is 24.4 Å². The normalized spacial score (nSPS) is 21.0. The zero-order chi connectivity index (χ0) is 21.6. The number of Topliss-reactive ketones (excluding diaryl/α,β-unsaturated/α-hetero) is 1. The van der Waals surface area contributed by atoms with Crippen LogP contribution in [0.2, 0.25) is 13.1 Å². The molecule has 1 radical (unpaired) electrons. The Morgan fingerprint density at radius 1 is 1.43 bits per heavy atom. The van der Waals surface area contributed by atoms with Gasteiger partial charge in [-0.2, -0.15) is 4.79 Å². The fourth-order valence-corrected chi connectivity index (χ4v) is 3.78. The van der Waals surface area contributed by atoms with Crippen molar-refractivity contribution in [2.75, 3.05) is 13.2 Å². The number of nitrogens with one attached hydrogen (secondary N) is 1. The third kappa shape index (κ3) is 5.85. The maximum Gasteiger partial charge on any atom is 0.443 e. The summed E-state index contributed by atoms with van der Waals surface area (Å²) in [6.07, 6.45) is 1.31. The molecule has 1 rings (SSSR count). The van der Waals surface area contributed by atoms with Crippen LogP contribution in [0.3, 0.4) is 0 Å². The van der Waals surface area contributed by atoms with Gasteiger partial charge in [0, 0.05) is 6.61 Å². The second-order valence-corrected chi connectivity index (χ2v) is 10.4. The van der Waals surface area contributed by atoms with Crippen molar-refractivity contribution in [3.63, 3.8) is 0 Å². The number of esters is 1. The number of β-lactam (4-membered cyclic amide) rings is 1. The first kappa shape index (κ1) is 24.2. The number of hydrogen-bond donors (Lipinski definition) is 1. The second kappa shape index (κ2) is 10.1. The number of alkyl halides is 1. The molecule has 28 heavy (non-hydrogen) atoms. The fraction of sp³-hybridized carbons (Fsp3) is 0.667. The number of rotatable bonds is 10. The standard InChI is InChI=1S/C18H27ClN3O5Si/c1-7-8-26-17(25)14(22-20)15(23)12(19)13-11(16(24)21-13)10(18(2,3)4)9-27-28(5)6/h7,10-13H,1,8-9H2,2-6H3,(H,21,24)/t10-,11+,12-,13+/m1/s1. The predicted molar refractivity (Wildman–Crippen MR) is 106 cm³/mol. The summed E-state index contributed by atoms with van der Waals surface area (Å²) in [4.78, 5) is 39.5. The van der Waals surface area contributed by atoms with E-state index in [-0.39, 0.29) is 23.8 Å². The molecule has 0 aromatic rings. The molecule has 0 spiro atoms. The van der Waals surface area contributed by atoms with Crippen LogP contribution in [0.1, 0.15) is 20.8 Å². The molecule has 4 atom stereocenters. The highest BCUT2D eigenvalue weighted by atomic mass is 35.5. The van der Waals surface area contributed by atoms with E-state index in [9.17, 15) is 14.4 Å². The molecule has 0 aromatic carbocycles. The Bertz CT molecular complexity index is 685. The van der Waals surface area contributed by atoms with Crippen molar-refractivity contribution in [2.24, 2.45) is 17.3 Å². The van der Waals surface area contributed by atoms with E-state index < -0.39 is 43.8 Å². The first-order valence-electron chi connectivity index (χ1n) is 8.87. The largest absolute Gasteiger partial charge is 0.453 e. The van der Waals surface area contributed by atoms with Gasteiger partial charge in [-0.3, -0.25) is 9.59 Å². The van der Waals surface area contributed by atoms with Gasteiger partial charge in [-0.1, -0.05) is 33.4 Å². The van der Waals surface area contributed by atoms with Crippen LogP contribution in [0.25, 0.3) is 5.53 Å². The third-order valence-electron chi connectivity index (χ3n) is 4.52. The Kier molecular flexibility index (Phi) is 8.75. The number of carbonyl (C=O) groups is 3. The van der Waals surface area contributed by atoms with Crippen LogP contribution >= 0.6 is 11.6 Å². The minimum absolute atomic E-state index is 0.150. The van der Waals surface area contributed by atoms with E-state index in [0.717, 1.165) is 0 Å². The van der Waals surface area contributed by atoms with Crippen molar-refractivity contribution in [3.05, 3.63) is 18.2 Å². The van der Waals surface area contributed by atoms with Crippen molar-refractivity contribution in [1.29, 1.82) is 0 Å². The molecule has 1 aliphatic rings. The van der Waals surface area contributed by atoms with Crippen LogP contribution in [0.4, 0.5) is 0 Å². The first-order chi connectivity index (χ1) is 12.9. The molecule has 155 valence electrons. The lowest BCUT2D eigenvalue weighted by Crippen LogP contribution is -2.68. The molecule has 1 saturated heterocycles. The summed E-state index contributed by atoms with van der Waals surface area (Å²) < 4.78 is 10.6. The van der Waals surface area contributed by atoms with Crippen LogP contribution in [-0.4, -0.2) is 61.8 Å². The van der Waals surface area contributed by atoms with E-state index in [0.29, 0.717) is 6.61 Å². The molecule has 0 unspecified atom stereocenters. The quantitative estimate of drug-likeness (QED) is 0.0652. The molecule has 1 N–H and O–H groups in total. The molecule has 10 heteroatoms. The zero-order valence-electron chi connectivity index (χ0n) is 16.8. The smallest absolute Gasteiger partial charge is 0.443 e. The van der Waals surface area contributed by atoms with Crippen molar-refractivity contribution in [1.82, 2.24) is 5.32 Å². The monoisotopic (exact) mass is 428 g/mol. The minimum Gasteiger partial charge on any atom is -0.453 e. The highest BCUT2D eigenvalue weighted by Crippen LogP contribution is 2.39. The summed E-state index contributed by atoms with van der Waals surface area (Å²) in [5.74, 6) is -3.03. The van der Waals surface area contributed by atoms with E-state index in [1.165, 1.54) is 6.08 Å². The van der Waals surface area contributed by atoms with E-state index in [1.807, 2.05) is 33.9 Å². The Balaban J connectivity index is 3.02. The lowest BCUT2D eigenvalue weighted by atomic mass is 9.66. The Morgan fingerprint density at radius 3 is 2.46 bits per heavy atom. The average Bonchev–Trinajstić information content (AvgIpc) is 2.59.